The normalized spacial score (nSPS) is 13.6. The molecule has 0 atom stereocenters. The molecule has 138 valence electrons. The number of hydrogen-bond acceptors (Lipinski definition) is 4. The third-order valence-electron chi connectivity index (χ3n) is 4.80. The van der Waals surface area contributed by atoms with Gasteiger partial charge in [0.25, 0.3) is 5.56 Å². The highest BCUT2D eigenvalue weighted by Gasteiger charge is 2.18. The summed E-state index contributed by atoms with van der Waals surface area (Å²) in [6.07, 6.45) is 3.86. The van der Waals surface area contributed by atoms with Gasteiger partial charge >= 0.3 is 5.69 Å². The maximum atomic E-state index is 12.8. The highest BCUT2D eigenvalue weighted by Crippen LogP contribution is 2.33. The number of benzene rings is 2. The van der Waals surface area contributed by atoms with Crippen molar-refractivity contribution in [1.82, 2.24) is 9.55 Å². The molecule has 0 radical (unpaired) electrons. The maximum absolute atomic E-state index is 12.8. The van der Waals surface area contributed by atoms with Gasteiger partial charge in [-0.25, -0.2) is 17.8 Å². The molecule has 0 saturated carbocycles. The van der Waals surface area contributed by atoms with E-state index in [1.54, 1.807) is 12.1 Å². The Morgan fingerprint density at radius 1 is 1.15 bits per heavy atom. The van der Waals surface area contributed by atoms with Gasteiger partial charge in [-0.2, -0.15) is 0 Å². The van der Waals surface area contributed by atoms with Gasteiger partial charge in [0.15, 0.2) is 9.84 Å². The molecule has 1 aliphatic carbocycles. The minimum atomic E-state index is -3.53. The molecule has 0 saturated heterocycles. The number of sulfone groups is 1. The van der Waals surface area contributed by atoms with Crippen LogP contribution in [0, 0.1) is 6.92 Å². The van der Waals surface area contributed by atoms with E-state index in [0.717, 1.165) is 39.5 Å². The van der Waals surface area contributed by atoms with E-state index < -0.39 is 27.0 Å². The first-order valence-corrected chi connectivity index (χ1v) is 10.5. The van der Waals surface area contributed by atoms with Gasteiger partial charge < -0.3 is 4.98 Å². The van der Waals surface area contributed by atoms with Gasteiger partial charge in [0, 0.05) is 6.26 Å². The Kier molecular flexibility index (Phi) is 3.92. The van der Waals surface area contributed by atoms with Crippen molar-refractivity contribution in [2.24, 2.45) is 0 Å². The van der Waals surface area contributed by atoms with E-state index in [9.17, 15) is 18.0 Å². The average molecular weight is 382 g/mol. The number of hydrogen-bond donors (Lipinski definition) is 1. The van der Waals surface area contributed by atoms with Crippen LogP contribution in [0.25, 0.3) is 22.6 Å². The zero-order valence-corrected chi connectivity index (χ0v) is 15.8. The summed E-state index contributed by atoms with van der Waals surface area (Å²) in [5, 5.41) is 0.302. The van der Waals surface area contributed by atoms with Crippen LogP contribution in [0.2, 0.25) is 0 Å². The van der Waals surface area contributed by atoms with E-state index in [1.165, 1.54) is 5.56 Å². The lowest BCUT2D eigenvalue weighted by molar-refractivity contribution is 0.584. The Morgan fingerprint density at radius 3 is 2.59 bits per heavy atom. The summed E-state index contributed by atoms with van der Waals surface area (Å²) in [6.45, 7) is 1.93. The molecule has 4 rings (SSSR count). The summed E-state index contributed by atoms with van der Waals surface area (Å²) in [4.78, 5) is 27.6. The first kappa shape index (κ1) is 17.5. The molecule has 0 fully saturated rings. The van der Waals surface area contributed by atoms with Gasteiger partial charge in [0.05, 0.1) is 10.9 Å². The standard InChI is InChI=1S/C20H18N2O4S/c1-12-7-18-17(19(23)22(20(24)21-18)11-27(2,25)26)10-16(12)15-8-13-5-3-4-6-14(13)9-15/h3-8,10H,9,11H2,1-2H3,(H,21,24). The lowest BCUT2D eigenvalue weighted by Gasteiger charge is -2.11. The Morgan fingerprint density at radius 2 is 1.89 bits per heavy atom. The number of rotatable bonds is 3. The van der Waals surface area contributed by atoms with E-state index in [4.69, 9.17) is 0 Å². The smallest absolute Gasteiger partial charge is 0.307 e. The van der Waals surface area contributed by atoms with E-state index in [2.05, 4.69) is 23.2 Å². The third-order valence-corrected chi connectivity index (χ3v) is 5.53. The largest absolute Gasteiger partial charge is 0.329 e. The lowest BCUT2D eigenvalue weighted by atomic mass is 9.97. The van der Waals surface area contributed by atoms with Crippen LogP contribution < -0.4 is 11.2 Å². The quantitative estimate of drug-likeness (QED) is 0.751. The Balaban J connectivity index is 1.91. The number of nitrogens with one attached hydrogen (secondary N) is 1. The van der Waals surface area contributed by atoms with Crippen molar-refractivity contribution in [3.63, 3.8) is 0 Å². The molecule has 6 nitrogen and oxygen atoms in total. The number of nitrogens with zero attached hydrogens (tertiary/aromatic N) is 1. The van der Waals surface area contributed by atoms with Crippen LogP contribution in [-0.4, -0.2) is 24.2 Å². The molecule has 27 heavy (non-hydrogen) atoms. The Hall–Kier alpha value is -2.93. The van der Waals surface area contributed by atoms with Crippen molar-refractivity contribution in [1.29, 1.82) is 0 Å². The summed E-state index contributed by atoms with van der Waals surface area (Å²) in [5.41, 5.74) is 4.43. The molecule has 7 heteroatoms. The van der Waals surface area contributed by atoms with Crippen LogP contribution in [0.1, 0.15) is 22.3 Å². The number of aromatic nitrogens is 2. The molecule has 0 aliphatic heterocycles. The number of aryl methyl sites for hydroxylation is 1. The molecule has 1 aliphatic rings. The summed E-state index contributed by atoms with van der Waals surface area (Å²) in [6, 6.07) is 11.6. The maximum Gasteiger partial charge on any atom is 0.329 e. The van der Waals surface area contributed by atoms with Crippen LogP contribution in [0.4, 0.5) is 0 Å². The fraction of sp³-hybridized carbons (Fsp3) is 0.200. The number of fused-ring (bicyclic) bond motifs is 2. The van der Waals surface area contributed by atoms with Gasteiger partial charge in [0.1, 0.15) is 5.88 Å². The summed E-state index contributed by atoms with van der Waals surface area (Å²) < 4.78 is 23.9. The Bertz CT molecular complexity index is 1340. The summed E-state index contributed by atoms with van der Waals surface area (Å²) >= 11 is 0. The van der Waals surface area contributed by atoms with Crippen LogP contribution >= 0.6 is 0 Å². The summed E-state index contributed by atoms with van der Waals surface area (Å²) in [7, 11) is -3.53. The van der Waals surface area contributed by atoms with Gasteiger partial charge in [-0.05, 0) is 53.3 Å². The van der Waals surface area contributed by atoms with Crippen molar-refractivity contribution in [2.45, 2.75) is 19.2 Å². The zero-order chi connectivity index (χ0) is 19.3. The molecule has 0 amide bonds. The number of H-pyrrole nitrogens is 1. The topological polar surface area (TPSA) is 89.0 Å². The van der Waals surface area contributed by atoms with Crippen LogP contribution in [-0.2, 0) is 22.1 Å². The van der Waals surface area contributed by atoms with Crippen molar-refractivity contribution >= 4 is 32.4 Å². The lowest BCUT2D eigenvalue weighted by Crippen LogP contribution is -2.37. The fourth-order valence-electron chi connectivity index (χ4n) is 3.56. The first-order valence-electron chi connectivity index (χ1n) is 8.47. The molecule has 0 bridgehead atoms. The molecule has 1 aromatic heterocycles. The second-order valence-corrected chi connectivity index (χ2v) is 9.09. The second-order valence-electron chi connectivity index (χ2n) is 6.98. The average Bonchev–Trinajstić information content (AvgIpc) is 3.01. The molecular weight excluding hydrogens is 364 g/mol. The van der Waals surface area contributed by atoms with Crippen molar-refractivity contribution in [3.8, 4) is 0 Å². The van der Waals surface area contributed by atoms with Gasteiger partial charge in [0.2, 0.25) is 0 Å². The predicted octanol–water partition coefficient (Wildman–Crippen LogP) is 2.10. The molecular formula is C20H18N2O4S. The molecule has 0 spiro atoms. The van der Waals surface area contributed by atoms with E-state index in [-0.39, 0.29) is 0 Å². The predicted molar refractivity (Wildman–Crippen MR) is 106 cm³/mol. The SMILES string of the molecule is Cc1cc2[nH]c(=O)n(CS(C)(=O)=O)c(=O)c2cc1C1=Cc2ccccc2C1. The fourth-order valence-corrected chi connectivity index (χ4v) is 4.26. The van der Waals surface area contributed by atoms with Gasteiger partial charge in [-0.1, -0.05) is 30.3 Å². The highest BCUT2D eigenvalue weighted by molar-refractivity contribution is 7.89. The van der Waals surface area contributed by atoms with Crippen LogP contribution in [0.3, 0.4) is 0 Å². The Labute approximate surface area is 155 Å². The van der Waals surface area contributed by atoms with Gasteiger partial charge in [-0.15, -0.1) is 0 Å². The monoisotopic (exact) mass is 382 g/mol. The van der Waals surface area contributed by atoms with Crippen molar-refractivity contribution in [2.75, 3.05) is 6.26 Å². The number of allylic oxidation sites excluding steroid dienone is 1. The minimum absolute atomic E-state index is 0.302. The zero-order valence-electron chi connectivity index (χ0n) is 14.9. The van der Waals surface area contributed by atoms with Crippen molar-refractivity contribution in [3.05, 3.63) is 79.5 Å². The highest BCUT2D eigenvalue weighted by atomic mass is 32.2. The molecule has 2 aromatic carbocycles. The minimum Gasteiger partial charge on any atom is -0.307 e. The van der Waals surface area contributed by atoms with E-state index >= 15 is 0 Å². The molecule has 1 N–H and O–H groups in total. The van der Waals surface area contributed by atoms with Gasteiger partial charge in [-0.3, -0.25) is 4.79 Å². The van der Waals surface area contributed by atoms with E-state index in [1.807, 2.05) is 19.1 Å². The second kappa shape index (κ2) is 6.06. The third kappa shape index (κ3) is 3.14. The van der Waals surface area contributed by atoms with Crippen LogP contribution in [0.5, 0.6) is 0 Å². The molecule has 3 aromatic rings. The number of aromatic amines is 1. The molecule has 1 heterocycles. The molecule has 0 unspecified atom stereocenters. The van der Waals surface area contributed by atoms with E-state index in [0.29, 0.717) is 10.9 Å². The van der Waals surface area contributed by atoms with Crippen LogP contribution in [0.15, 0.2) is 46.0 Å². The first-order chi connectivity index (χ1) is 12.7. The summed E-state index contributed by atoms with van der Waals surface area (Å²) in [5.74, 6) is -0.644. The van der Waals surface area contributed by atoms with Crippen molar-refractivity contribution < 1.29 is 8.42 Å².